The Kier molecular flexibility index (Phi) is 5.41. The molecule has 5 rings (SSSR count). The molecule has 4 aromatic rings. The number of hydrogen-bond acceptors (Lipinski definition) is 4. The van der Waals surface area contributed by atoms with Gasteiger partial charge in [-0.3, -0.25) is 4.90 Å². The lowest BCUT2D eigenvalue weighted by Crippen LogP contribution is -2.46. The Morgan fingerprint density at radius 3 is 2.50 bits per heavy atom. The normalized spacial score (nSPS) is 16.1. The van der Waals surface area contributed by atoms with Gasteiger partial charge in [0.25, 0.3) is 5.89 Å². The van der Waals surface area contributed by atoms with Crippen LogP contribution in [-0.2, 0) is 0 Å². The molecule has 6 nitrogen and oxygen atoms in total. The zero-order valence-corrected chi connectivity index (χ0v) is 18.4. The number of carbonyl (C=O) groups is 1. The second kappa shape index (κ2) is 8.55. The van der Waals surface area contributed by atoms with E-state index in [0.29, 0.717) is 33.9 Å². The van der Waals surface area contributed by atoms with E-state index < -0.39 is 17.9 Å². The lowest BCUT2D eigenvalue weighted by atomic mass is 9.94. The van der Waals surface area contributed by atoms with Crippen molar-refractivity contribution < 1.29 is 18.1 Å². The maximum absolute atomic E-state index is 14.1. The standard InChI is InChI=1S/C26H20F2N4O2/c1-15-13-20(11-12-21(15)28)32-16(2)22(23(29-26(32)33)18-9-6-10-19(27)14-18)25-30-24(31-34-25)17-7-4-3-5-8-17/h3-14,23H,1-2H3,(H,29,33). The van der Waals surface area contributed by atoms with Crippen molar-refractivity contribution in [2.24, 2.45) is 0 Å². The van der Waals surface area contributed by atoms with E-state index in [4.69, 9.17) is 4.52 Å². The van der Waals surface area contributed by atoms with Crippen LogP contribution in [0.25, 0.3) is 17.0 Å². The average molecular weight is 458 g/mol. The van der Waals surface area contributed by atoms with Crippen LogP contribution in [0.5, 0.6) is 0 Å². The summed E-state index contributed by atoms with van der Waals surface area (Å²) in [4.78, 5) is 19.2. The lowest BCUT2D eigenvalue weighted by Gasteiger charge is -2.35. The molecule has 0 spiro atoms. The largest absolute Gasteiger partial charge is 0.334 e. The molecule has 0 fully saturated rings. The smallest absolute Gasteiger partial charge is 0.326 e. The number of aryl methyl sites for hydroxylation is 1. The highest BCUT2D eigenvalue weighted by Crippen LogP contribution is 2.39. The molecule has 3 aromatic carbocycles. The summed E-state index contributed by atoms with van der Waals surface area (Å²) in [5, 5.41) is 7.02. The van der Waals surface area contributed by atoms with Crippen molar-refractivity contribution >= 4 is 17.3 Å². The first kappa shape index (κ1) is 21.5. The molecule has 0 saturated heterocycles. The lowest BCUT2D eigenvalue weighted by molar-refractivity contribution is 0.244. The first-order chi connectivity index (χ1) is 16.4. The third kappa shape index (κ3) is 3.83. The Labute approximate surface area is 194 Å². The zero-order valence-electron chi connectivity index (χ0n) is 18.4. The Bertz CT molecular complexity index is 1420. The van der Waals surface area contributed by atoms with Crippen LogP contribution in [0.2, 0.25) is 0 Å². The summed E-state index contributed by atoms with van der Waals surface area (Å²) in [5.74, 6) is -0.231. The van der Waals surface area contributed by atoms with Crippen LogP contribution in [0.15, 0.2) is 83.0 Å². The highest BCUT2D eigenvalue weighted by Gasteiger charge is 2.36. The summed E-state index contributed by atoms with van der Waals surface area (Å²) in [6.45, 7) is 3.37. The first-order valence-electron chi connectivity index (χ1n) is 10.6. The van der Waals surface area contributed by atoms with Crippen LogP contribution in [0.3, 0.4) is 0 Å². The third-order valence-electron chi connectivity index (χ3n) is 5.75. The van der Waals surface area contributed by atoms with Crippen LogP contribution in [-0.4, -0.2) is 16.2 Å². The van der Waals surface area contributed by atoms with Gasteiger partial charge in [0, 0.05) is 11.3 Å². The zero-order chi connectivity index (χ0) is 23.8. The minimum absolute atomic E-state index is 0.189. The topological polar surface area (TPSA) is 71.3 Å². The third-order valence-corrected chi connectivity index (χ3v) is 5.75. The number of allylic oxidation sites excluding steroid dienone is 1. The van der Waals surface area contributed by atoms with Gasteiger partial charge < -0.3 is 9.84 Å². The molecule has 1 N–H and O–H groups in total. The number of carbonyl (C=O) groups excluding carboxylic acids is 1. The maximum Gasteiger partial charge on any atom is 0.326 e. The van der Waals surface area contributed by atoms with Crippen LogP contribution < -0.4 is 10.2 Å². The number of amides is 2. The van der Waals surface area contributed by atoms with Gasteiger partial charge in [0.05, 0.1) is 17.3 Å². The van der Waals surface area contributed by atoms with Gasteiger partial charge in [0.15, 0.2) is 0 Å². The SMILES string of the molecule is CC1=C(c2nc(-c3ccccc3)no2)C(c2cccc(F)c2)NC(=O)N1c1ccc(F)c(C)c1. The number of urea groups is 1. The molecule has 0 saturated carbocycles. The molecule has 0 radical (unpaired) electrons. The highest BCUT2D eigenvalue weighted by atomic mass is 19.1. The number of nitrogens with zero attached hydrogens (tertiary/aromatic N) is 3. The number of halogens is 2. The molecule has 170 valence electrons. The van der Waals surface area contributed by atoms with Crippen LogP contribution >= 0.6 is 0 Å². The van der Waals surface area contributed by atoms with Gasteiger partial charge in [-0.15, -0.1) is 0 Å². The van der Waals surface area contributed by atoms with Crippen molar-refractivity contribution in [2.45, 2.75) is 19.9 Å². The summed E-state index contributed by atoms with van der Waals surface area (Å²) in [5.41, 5.74) is 3.19. The van der Waals surface area contributed by atoms with E-state index in [-0.39, 0.29) is 11.7 Å². The fourth-order valence-electron chi connectivity index (χ4n) is 4.07. The van der Waals surface area contributed by atoms with E-state index in [1.54, 1.807) is 32.0 Å². The molecule has 1 aliphatic rings. The summed E-state index contributed by atoms with van der Waals surface area (Å²) in [7, 11) is 0. The van der Waals surface area contributed by atoms with Crippen LogP contribution in [0, 0.1) is 18.6 Å². The average Bonchev–Trinajstić information content (AvgIpc) is 3.31. The molecule has 34 heavy (non-hydrogen) atoms. The second-order valence-corrected chi connectivity index (χ2v) is 7.99. The quantitative estimate of drug-likeness (QED) is 0.406. The molecular formula is C26H20F2N4O2. The monoisotopic (exact) mass is 458 g/mol. The maximum atomic E-state index is 14.1. The molecule has 1 aromatic heterocycles. The van der Waals surface area contributed by atoms with Crippen molar-refractivity contribution in [2.75, 3.05) is 4.90 Å². The molecule has 2 heterocycles. The Hall–Kier alpha value is -4.33. The molecular weight excluding hydrogens is 438 g/mol. The number of rotatable bonds is 4. The van der Waals surface area contributed by atoms with Crippen molar-refractivity contribution in [3.63, 3.8) is 0 Å². The van der Waals surface area contributed by atoms with Gasteiger partial charge in [-0.1, -0.05) is 47.6 Å². The molecule has 1 atom stereocenters. The number of aromatic nitrogens is 2. The molecule has 1 aliphatic heterocycles. The second-order valence-electron chi connectivity index (χ2n) is 7.99. The summed E-state index contributed by atoms with van der Waals surface area (Å²) in [6.07, 6.45) is 0. The van der Waals surface area contributed by atoms with Gasteiger partial charge in [-0.05, 0) is 55.3 Å². The van der Waals surface area contributed by atoms with E-state index in [0.717, 1.165) is 5.56 Å². The van der Waals surface area contributed by atoms with E-state index in [1.807, 2.05) is 30.3 Å². The summed E-state index contributed by atoms with van der Waals surface area (Å²) >= 11 is 0. The predicted octanol–water partition coefficient (Wildman–Crippen LogP) is 6.03. The van der Waals surface area contributed by atoms with Crippen LogP contribution in [0.1, 0.15) is 30.0 Å². The molecule has 0 bridgehead atoms. The Morgan fingerprint density at radius 1 is 0.971 bits per heavy atom. The summed E-state index contributed by atoms with van der Waals surface area (Å²) in [6, 6.07) is 18.5. The minimum atomic E-state index is -0.731. The fraction of sp³-hybridized carbons (Fsp3) is 0.115. The Balaban J connectivity index is 1.67. The Morgan fingerprint density at radius 2 is 1.76 bits per heavy atom. The van der Waals surface area contributed by atoms with Crippen molar-refractivity contribution in [1.82, 2.24) is 15.5 Å². The van der Waals surface area contributed by atoms with E-state index in [2.05, 4.69) is 15.5 Å². The highest BCUT2D eigenvalue weighted by molar-refractivity contribution is 6.01. The first-order valence-corrected chi connectivity index (χ1v) is 10.6. The van der Waals surface area contributed by atoms with Crippen molar-refractivity contribution in [3.05, 3.63) is 107 Å². The van der Waals surface area contributed by atoms with E-state index in [1.165, 1.54) is 29.2 Å². The van der Waals surface area contributed by atoms with Gasteiger partial charge in [0.2, 0.25) is 5.82 Å². The molecule has 0 aliphatic carbocycles. The number of hydrogen-bond donors (Lipinski definition) is 1. The molecule has 1 unspecified atom stereocenters. The minimum Gasteiger partial charge on any atom is -0.334 e. The number of nitrogens with one attached hydrogen (secondary N) is 1. The van der Waals surface area contributed by atoms with Crippen LogP contribution in [0.4, 0.5) is 19.3 Å². The van der Waals surface area contributed by atoms with Gasteiger partial charge >= 0.3 is 6.03 Å². The van der Waals surface area contributed by atoms with Crippen molar-refractivity contribution in [3.8, 4) is 11.4 Å². The van der Waals surface area contributed by atoms with Gasteiger partial charge in [-0.2, -0.15) is 4.98 Å². The van der Waals surface area contributed by atoms with Gasteiger partial charge in [0.1, 0.15) is 11.6 Å². The van der Waals surface area contributed by atoms with E-state index >= 15 is 0 Å². The predicted molar refractivity (Wildman–Crippen MR) is 124 cm³/mol. The summed E-state index contributed by atoms with van der Waals surface area (Å²) < 4.78 is 33.6. The number of anilines is 1. The van der Waals surface area contributed by atoms with E-state index in [9.17, 15) is 13.6 Å². The molecule has 8 heteroatoms. The molecule has 2 amide bonds. The fourth-order valence-corrected chi connectivity index (χ4v) is 4.07. The van der Waals surface area contributed by atoms with Crippen molar-refractivity contribution in [1.29, 1.82) is 0 Å². The van der Waals surface area contributed by atoms with Gasteiger partial charge in [-0.25, -0.2) is 13.6 Å². The number of benzene rings is 3.